The molecule has 1 aromatic heterocycles. The summed E-state index contributed by atoms with van der Waals surface area (Å²) in [5, 5.41) is 7.51. The van der Waals surface area contributed by atoms with Crippen molar-refractivity contribution in [3.05, 3.63) is 47.8 Å². The molecular formula is C13H18ClN3O. The van der Waals surface area contributed by atoms with E-state index < -0.39 is 0 Å². The maximum Gasteiger partial charge on any atom is 0.119 e. The zero-order valence-electron chi connectivity index (χ0n) is 10.6. The number of aromatic nitrogens is 2. The van der Waals surface area contributed by atoms with Crippen molar-refractivity contribution in [1.29, 1.82) is 0 Å². The third kappa shape index (κ3) is 3.75. The van der Waals surface area contributed by atoms with Gasteiger partial charge in [-0.2, -0.15) is 5.10 Å². The predicted octanol–water partition coefficient (Wildman–Crippen LogP) is 2.14. The van der Waals surface area contributed by atoms with Gasteiger partial charge in [0.15, 0.2) is 0 Å². The topological polar surface area (TPSA) is 39.1 Å². The van der Waals surface area contributed by atoms with Crippen LogP contribution in [0.5, 0.6) is 5.75 Å². The van der Waals surface area contributed by atoms with Crippen LogP contribution in [-0.4, -0.2) is 16.9 Å². The van der Waals surface area contributed by atoms with Gasteiger partial charge >= 0.3 is 0 Å². The van der Waals surface area contributed by atoms with Crippen LogP contribution in [0.2, 0.25) is 0 Å². The molecule has 0 bridgehead atoms. The molecule has 0 spiro atoms. The van der Waals surface area contributed by atoms with Gasteiger partial charge in [-0.15, -0.1) is 12.4 Å². The molecule has 0 radical (unpaired) electrons. The van der Waals surface area contributed by atoms with E-state index in [0.717, 1.165) is 18.8 Å². The van der Waals surface area contributed by atoms with Gasteiger partial charge in [0.25, 0.3) is 0 Å². The first-order valence-electron chi connectivity index (χ1n) is 5.60. The number of halogens is 1. The molecule has 1 aromatic carbocycles. The van der Waals surface area contributed by atoms with Crippen LogP contribution < -0.4 is 10.1 Å². The first-order valence-corrected chi connectivity index (χ1v) is 5.60. The average Bonchev–Trinajstić information content (AvgIpc) is 2.76. The molecule has 98 valence electrons. The minimum absolute atomic E-state index is 0. The molecule has 0 aliphatic carbocycles. The smallest absolute Gasteiger partial charge is 0.119 e. The van der Waals surface area contributed by atoms with Crippen molar-refractivity contribution in [2.24, 2.45) is 7.05 Å². The summed E-state index contributed by atoms with van der Waals surface area (Å²) in [6.45, 7) is 1.64. The SMILES string of the molecule is COc1cccc(CNCc2ccnn2C)c1.Cl. The summed E-state index contributed by atoms with van der Waals surface area (Å²) in [5.74, 6) is 0.893. The zero-order chi connectivity index (χ0) is 12.1. The van der Waals surface area contributed by atoms with Gasteiger partial charge in [0, 0.05) is 26.3 Å². The van der Waals surface area contributed by atoms with Crippen molar-refractivity contribution in [3.8, 4) is 5.75 Å². The van der Waals surface area contributed by atoms with Gasteiger partial charge in [-0.25, -0.2) is 0 Å². The lowest BCUT2D eigenvalue weighted by atomic mass is 10.2. The molecule has 18 heavy (non-hydrogen) atoms. The Morgan fingerprint density at radius 2 is 2.11 bits per heavy atom. The highest BCUT2D eigenvalue weighted by molar-refractivity contribution is 5.85. The number of aryl methyl sites for hydroxylation is 1. The van der Waals surface area contributed by atoms with Crippen molar-refractivity contribution >= 4 is 12.4 Å². The number of methoxy groups -OCH3 is 1. The van der Waals surface area contributed by atoms with E-state index in [0.29, 0.717) is 0 Å². The van der Waals surface area contributed by atoms with E-state index in [1.54, 1.807) is 7.11 Å². The summed E-state index contributed by atoms with van der Waals surface area (Å²) in [4.78, 5) is 0. The van der Waals surface area contributed by atoms with Crippen LogP contribution in [0.3, 0.4) is 0 Å². The van der Waals surface area contributed by atoms with E-state index in [1.165, 1.54) is 11.3 Å². The first kappa shape index (κ1) is 14.5. The Labute approximate surface area is 113 Å². The zero-order valence-corrected chi connectivity index (χ0v) is 11.4. The minimum atomic E-state index is 0. The molecule has 1 heterocycles. The van der Waals surface area contributed by atoms with E-state index in [2.05, 4.69) is 16.5 Å². The molecule has 0 saturated heterocycles. The average molecular weight is 268 g/mol. The molecule has 4 nitrogen and oxygen atoms in total. The van der Waals surface area contributed by atoms with Crippen molar-refractivity contribution < 1.29 is 4.74 Å². The van der Waals surface area contributed by atoms with E-state index in [4.69, 9.17) is 4.74 Å². The minimum Gasteiger partial charge on any atom is -0.497 e. The van der Waals surface area contributed by atoms with Crippen molar-refractivity contribution in [3.63, 3.8) is 0 Å². The van der Waals surface area contributed by atoms with Gasteiger partial charge in [0.05, 0.1) is 12.8 Å². The number of ether oxygens (including phenoxy) is 1. The fourth-order valence-electron chi connectivity index (χ4n) is 1.69. The predicted molar refractivity (Wildman–Crippen MR) is 74.0 cm³/mol. The Kier molecular flexibility index (Phi) is 5.68. The molecule has 0 atom stereocenters. The molecule has 2 aromatic rings. The molecule has 0 aliphatic heterocycles. The fourth-order valence-corrected chi connectivity index (χ4v) is 1.69. The van der Waals surface area contributed by atoms with Gasteiger partial charge < -0.3 is 10.1 Å². The second-order valence-electron chi connectivity index (χ2n) is 3.90. The molecule has 0 aliphatic rings. The van der Waals surface area contributed by atoms with Crippen LogP contribution in [0.25, 0.3) is 0 Å². The summed E-state index contributed by atoms with van der Waals surface area (Å²) in [7, 11) is 3.63. The second-order valence-corrected chi connectivity index (χ2v) is 3.90. The standard InChI is InChI=1S/C13H17N3O.ClH/c1-16-12(6-7-15-16)10-14-9-11-4-3-5-13(8-11)17-2;/h3-8,14H,9-10H2,1-2H3;1H. The number of hydrogen-bond donors (Lipinski definition) is 1. The monoisotopic (exact) mass is 267 g/mol. The lowest BCUT2D eigenvalue weighted by Crippen LogP contribution is -2.15. The highest BCUT2D eigenvalue weighted by atomic mass is 35.5. The molecule has 1 N–H and O–H groups in total. The second kappa shape index (κ2) is 7.03. The summed E-state index contributed by atoms with van der Waals surface area (Å²) in [6.07, 6.45) is 1.81. The summed E-state index contributed by atoms with van der Waals surface area (Å²) >= 11 is 0. The highest BCUT2D eigenvalue weighted by Gasteiger charge is 1.99. The Hall–Kier alpha value is -1.52. The number of rotatable bonds is 5. The quantitative estimate of drug-likeness (QED) is 0.902. The molecule has 2 rings (SSSR count). The van der Waals surface area contributed by atoms with Gasteiger partial charge in [-0.3, -0.25) is 4.68 Å². The lowest BCUT2D eigenvalue weighted by Gasteiger charge is -2.06. The van der Waals surface area contributed by atoms with Crippen LogP contribution >= 0.6 is 12.4 Å². The van der Waals surface area contributed by atoms with Crippen molar-refractivity contribution in [1.82, 2.24) is 15.1 Å². The van der Waals surface area contributed by atoms with Gasteiger partial charge in [0.1, 0.15) is 5.75 Å². The molecule has 0 saturated carbocycles. The molecule has 0 amide bonds. The highest BCUT2D eigenvalue weighted by Crippen LogP contribution is 2.12. The third-order valence-electron chi connectivity index (χ3n) is 2.69. The molecule has 0 fully saturated rings. The third-order valence-corrected chi connectivity index (χ3v) is 2.69. The number of benzene rings is 1. The van der Waals surface area contributed by atoms with Crippen LogP contribution in [-0.2, 0) is 20.1 Å². The van der Waals surface area contributed by atoms with E-state index >= 15 is 0 Å². The normalized spacial score (nSPS) is 9.89. The van der Waals surface area contributed by atoms with Crippen LogP contribution in [0.15, 0.2) is 36.5 Å². The fraction of sp³-hybridized carbons (Fsp3) is 0.308. The van der Waals surface area contributed by atoms with Crippen LogP contribution in [0, 0.1) is 0 Å². The maximum atomic E-state index is 5.18. The summed E-state index contributed by atoms with van der Waals surface area (Å²) in [6, 6.07) is 10.1. The van der Waals surface area contributed by atoms with Crippen LogP contribution in [0.1, 0.15) is 11.3 Å². The first-order chi connectivity index (χ1) is 8.29. The van der Waals surface area contributed by atoms with E-state index in [9.17, 15) is 0 Å². The van der Waals surface area contributed by atoms with Crippen molar-refractivity contribution in [2.75, 3.05) is 7.11 Å². The summed E-state index contributed by atoms with van der Waals surface area (Å²) < 4.78 is 7.06. The maximum absolute atomic E-state index is 5.18. The van der Waals surface area contributed by atoms with Gasteiger partial charge in [-0.05, 0) is 23.8 Å². The Morgan fingerprint density at radius 3 is 2.78 bits per heavy atom. The summed E-state index contributed by atoms with van der Waals surface area (Å²) in [5.41, 5.74) is 2.39. The molecule has 5 heteroatoms. The Morgan fingerprint density at radius 1 is 1.28 bits per heavy atom. The number of nitrogens with one attached hydrogen (secondary N) is 1. The lowest BCUT2D eigenvalue weighted by molar-refractivity contribution is 0.414. The Bertz CT molecular complexity index is 485. The number of hydrogen-bond acceptors (Lipinski definition) is 3. The van der Waals surface area contributed by atoms with Crippen LogP contribution in [0.4, 0.5) is 0 Å². The van der Waals surface area contributed by atoms with E-state index in [-0.39, 0.29) is 12.4 Å². The Balaban J connectivity index is 0.00000162. The van der Waals surface area contributed by atoms with E-state index in [1.807, 2.05) is 42.2 Å². The molecular weight excluding hydrogens is 250 g/mol. The van der Waals surface area contributed by atoms with Gasteiger partial charge in [-0.1, -0.05) is 12.1 Å². The molecule has 0 unspecified atom stereocenters. The largest absolute Gasteiger partial charge is 0.497 e. The number of nitrogens with zero attached hydrogens (tertiary/aromatic N) is 2. The van der Waals surface area contributed by atoms with Gasteiger partial charge in [0.2, 0.25) is 0 Å². The van der Waals surface area contributed by atoms with Crippen molar-refractivity contribution in [2.45, 2.75) is 13.1 Å².